The number of aliphatic hydroxyl groups is 1. The van der Waals surface area contributed by atoms with Gasteiger partial charge in [-0.3, -0.25) is 4.98 Å². The number of hydrogen-bond donors (Lipinski definition) is 1. The highest BCUT2D eigenvalue weighted by molar-refractivity contribution is 5.87. The molecule has 0 unspecified atom stereocenters. The molecule has 0 spiro atoms. The topological polar surface area (TPSA) is 75.5 Å². The van der Waals surface area contributed by atoms with E-state index in [1.54, 1.807) is 18.3 Å². The van der Waals surface area contributed by atoms with Crippen LogP contribution in [0.2, 0.25) is 0 Å². The first kappa shape index (κ1) is 15.4. The fraction of sp³-hybridized carbons (Fsp3) is 0.353. The monoisotopic (exact) mass is 313 g/mol. The SMILES string of the molecule is COC(=O)c1cccc(N2C[C@@H](Cc3ccccn3)[C@H](O)C2)n1. The molecule has 0 saturated carbocycles. The van der Waals surface area contributed by atoms with Crippen LogP contribution in [0.5, 0.6) is 0 Å². The van der Waals surface area contributed by atoms with Gasteiger partial charge in [-0.2, -0.15) is 0 Å². The number of pyridine rings is 2. The van der Waals surface area contributed by atoms with E-state index in [-0.39, 0.29) is 11.6 Å². The summed E-state index contributed by atoms with van der Waals surface area (Å²) in [5, 5.41) is 10.3. The minimum Gasteiger partial charge on any atom is -0.464 e. The standard InChI is InChI=1S/C17H19N3O3/c1-23-17(22)14-6-4-7-16(19-14)20-10-12(15(21)11-20)9-13-5-2-3-8-18-13/h2-8,12,15,21H,9-11H2,1H3/t12-,15-/m1/s1. The van der Waals surface area contributed by atoms with Crippen molar-refractivity contribution in [3.8, 4) is 0 Å². The number of hydrogen-bond acceptors (Lipinski definition) is 6. The molecular weight excluding hydrogens is 294 g/mol. The molecule has 0 aliphatic carbocycles. The number of anilines is 1. The van der Waals surface area contributed by atoms with E-state index in [0.717, 1.165) is 12.1 Å². The van der Waals surface area contributed by atoms with Gasteiger partial charge in [-0.15, -0.1) is 0 Å². The van der Waals surface area contributed by atoms with Crippen LogP contribution in [-0.2, 0) is 11.2 Å². The molecule has 2 atom stereocenters. The number of rotatable bonds is 4. The van der Waals surface area contributed by atoms with Crippen LogP contribution in [0.4, 0.5) is 5.82 Å². The van der Waals surface area contributed by atoms with Crippen LogP contribution in [0.1, 0.15) is 16.2 Å². The summed E-state index contributed by atoms with van der Waals surface area (Å²) in [6.45, 7) is 1.17. The highest BCUT2D eigenvalue weighted by Gasteiger charge is 2.32. The molecule has 0 amide bonds. The van der Waals surface area contributed by atoms with Crippen LogP contribution in [0, 0.1) is 5.92 Å². The number of aliphatic hydroxyl groups excluding tert-OH is 1. The van der Waals surface area contributed by atoms with Gasteiger partial charge >= 0.3 is 5.97 Å². The van der Waals surface area contributed by atoms with E-state index in [0.29, 0.717) is 18.9 Å². The normalized spacial score (nSPS) is 20.5. The summed E-state index contributed by atoms with van der Waals surface area (Å²) < 4.78 is 4.70. The van der Waals surface area contributed by atoms with E-state index < -0.39 is 12.1 Å². The van der Waals surface area contributed by atoms with E-state index >= 15 is 0 Å². The first-order valence-electron chi connectivity index (χ1n) is 7.55. The van der Waals surface area contributed by atoms with Crippen LogP contribution in [0.3, 0.4) is 0 Å². The van der Waals surface area contributed by atoms with Gasteiger partial charge < -0.3 is 14.7 Å². The van der Waals surface area contributed by atoms with E-state index in [1.165, 1.54) is 7.11 Å². The van der Waals surface area contributed by atoms with Crippen molar-refractivity contribution in [2.45, 2.75) is 12.5 Å². The van der Waals surface area contributed by atoms with Crippen molar-refractivity contribution in [2.24, 2.45) is 5.92 Å². The Morgan fingerprint density at radius 3 is 2.91 bits per heavy atom. The van der Waals surface area contributed by atoms with Gasteiger partial charge in [-0.05, 0) is 30.7 Å². The van der Waals surface area contributed by atoms with E-state index in [9.17, 15) is 9.90 Å². The van der Waals surface area contributed by atoms with Gasteiger partial charge in [-0.1, -0.05) is 12.1 Å². The smallest absolute Gasteiger partial charge is 0.356 e. The van der Waals surface area contributed by atoms with E-state index in [4.69, 9.17) is 4.74 Å². The van der Waals surface area contributed by atoms with Gasteiger partial charge in [-0.25, -0.2) is 9.78 Å². The lowest BCUT2D eigenvalue weighted by Crippen LogP contribution is -2.22. The zero-order chi connectivity index (χ0) is 16.2. The largest absolute Gasteiger partial charge is 0.464 e. The van der Waals surface area contributed by atoms with Gasteiger partial charge in [0.05, 0.1) is 13.2 Å². The Labute approximate surface area is 134 Å². The first-order chi connectivity index (χ1) is 11.2. The number of methoxy groups -OCH3 is 1. The molecular formula is C17H19N3O3. The zero-order valence-electron chi connectivity index (χ0n) is 12.9. The summed E-state index contributed by atoms with van der Waals surface area (Å²) in [5.41, 5.74) is 1.24. The number of β-amino-alcohol motifs (C(OH)–C–C–N with tert-alkyl or cyclic N) is 1. The van der Waals surface area contributed by atoms with Gasteiger partial charge in [0, 0.05) is 30.9 Å². The molecule has 3 rings (SSSR count). The second kappa shape index (κ2) is 6.75. The molecule has 1 N–H and O–H groups in total. The van der Waals surface area contributed by atoms with Crippen LogP contribution >= 0.6 is 0 Å². The molecule has 1 fully saturated rings. The Morgan fingerprint density at radius 1 is 1.30 bits per heavy atom. The molecule has 1 saturated heterocycles. The lowest BCUT2D eigenvalue weighted by Gasteiger charge is -2.17. The molecule has 0 radical (unpaired) electrons. The minimum atomic E-state index is -0.461. The average molecular weight is 313 g/mol. The van der Waals surface area contributed by atoms with Gasteiger partial charge in [0.15, 0.2) is 5.69 Å². The predicted octanol–water partition coefficient (Wildman–Crippen LogP) is 1.30. The molecule has 0 bridgehead atoms. The number of ether oxygens (including phenoxy) is 1. The van der Waals surface area contributed by atoms with Crippen LogP contribution in [0.25, 0.3) is 0 Å². The molecule has 6 heteroatoms. The predicted molar refractivity (Wildman–Crippen MR) is 85.2 cm³/mol. The molecule has 1 aliphatic rings. The lowest BCUT2D eigenvalue weighted by atomic mass is 10.00. The second-order valence-corrected chi connectivity index (χ2v) is 5.63. The summed E-state index contributed by atoms with van der Waals surface area (Å²) in [7, 11) is 1.33. The van der Waals surface area contributed by atoms with Gasteiger partial charge in [0.1, 0.15) is 5.82 Å². The number of esters is 1. The summed E-state index contributed by atoms with van der Waals surface area (Å²) in [6.07, 6.45) is 2.03. The third-order valence-electron chi connectivity index (χ3n) is 4.06. The Balaban J connectivity index is 1.72. The van der Waals surface area contributed by atoms with Gasteiger partial charge in [0.25, 0.3) is 0 Å². The van der Waals surface area contributed by atoms with Crippen molar-refractivity contribution in [1.82, 2.24) is 9.97 Å². The Kier molecular flexibility index (Phi) is 4.52. The maximum atomic E-state index is 11.6. The molecule has 0 aromatic carbocycles. The number of carbonyl (C=O) groups excluding carboxylic acids is 1. The van der Waals surface area contributed by atoms with Crippen molar-refractivity contribution in [1.29, 1.82) is 0 Å². The zero-order valence-corrected chi connectivity index (χ0v) is 12.9. The fourth-order valence-corrected chi connectivity index (χ4v) is 2.85. The number of carbonyl (C=O) groups is 1. The highest BCUT2D eigenvalue weighted by atomic mass is 16.5. The Bertz CT molecular complexity index is 678. The lowest BCUT2D eigenvalue weighted by molar-refractivity contribution is 0.0594. The van der Waals surface area contributed by atoms with Crippen LogP contribution in [-0.4, -0.2) is 47.3 Å². The number of aromatic nitrogens is 2. The molecule has 1 aliphatic heterocycles. The molecule has 2 aromatic heterocycles. The van der Waals surface area contributed by atoms with Crippen molar-refractivity contribution in [2.75, 3.05) is 25.1 Å². The summed E-state index contributed by atoms with van der Waals surface area (Å²) in [5.74, 6) is 0.306. The summed E-state index contributed by atoms with van der Waals surface area (Å²) >= 11 is 0. The third kappa shape index (κ3) is 3.48. The minimum absolute atomic E-state index is 0.0912. The van der Waals surface area contributed by atoms with Crippen molar-refractivity contribution in [3.05, 3.63) is 54.0 Å². The Morgan fingerprint density at radius 2 is 2.17 bits per heavy atom. The molecule has 3 heterocycles. The Hall–Kier alpha value is -2.47. The second-order valence-electron chi connectivity index (χ2n) is 5.63. The fourth-order valence-electron chi connectivity index (χ4n) is 2.85. The van der Waals surface area contributed by atoms with Crippen molar-refractivity contribution >= 4 is 11.8 Å². The highest BCUT2D eigenvalue weighted by Crippen LogP contribution is 2.25. The van der Waals surface area contributed by atoms with E-state index in [1.807, 2.05) is 29.2 Å². The maximum Gasteiger partial charge on any atom is 0.356 e. The molecule has 6 nitrogen and oxygen atoms in total. The third-order valence-corrected chi connectivity index (χ3v) is 4.06. The molecule has 120 valence electrons. The maximum absolute atomic E-state index is 11.6. The average Bonchev–Trinajstić information content (AvgIpc) is 2.96. The first-order valence-corrected chi connectivity index (χ1v) is 7.55. The van der Waals surface area contributed by atoms with Crippen molar-refractivity contribution < 1.29 is 14.6 Å². The van der Waals surface area contributed by atoms with E-state index in [2.05, 4.69) is 9.97 Å². The summed E-state index contributed by atoms with van der Waals surface area (Å²) in [4.78, 5) is 22.2. The van der Waals surface area contributed by atoms with Crippen LogP contribution in [0.15, 0.2) is 42.6 Å². The van der Waals surface area contributed by atoms with Gasteiger partial charge in [0.2, 0.25) is 0 Å². The molecule has 23 heavy (non-hydrogen) atoms. The van der Waals surface area contributed by atoms with Crippen molar-refractivity contribution in [3.63, 3.8) is 0 Å². The summed E-state index contributed by atoms with van der Waals surface area (Å²) in [6, 6.07) is 11.0. The van der Waals surface area contributed by atoms with Crippen LogP contribution < -0.4 is 4.90 Å². The number of nitrogens with zero attached hydrogens (tertiary/aromatic N) is 3. The quantitative estimate of drug-likeness (QED) is 0.858. The molecule has 2 aromatic rings.